The largest absolute Gasteiger partial charge is 0.325 e. The smallest absolute Gasteiger partial charge is 0.308 e. The van der Waals surface area contributed by atoms with Crippen LogP contribution in [-0.2, 0) is 20.9 Å². The van der Waals surface area contributed by atoms with E-state index in [4.69, 9.17) is 0 Å². The lowest BCUT2D eigenvalue weighted by atomic mass is 9.69. The van der Waals surface area contributed by atoms with Crippen molar-refractivity contribution >= 4 is 63.5 Å². The zero-order valence-corrected chi connectivity index (χ0v) is 24.8. The van der Waals surface area contributed by atoms with E-state index in [0.717, 1.165) is 32.5 Å². The first kappa shape index (κ1) is 27.0. The Kier molecular flexibility index (Phi) is 6.25. The van der Waals surface area contributed by atoms with Crippen LogP contribution in [0.4, 0.5) is 20.2 Å². The summed E-state index contributed by atoms with van der Waals surface area (Å²) in [7, 11) is 0. The Balaban J connectivity index is 1.15. The number of halogens is 2. The number of thioether (sulfide) groups is 1. The van der Waals surface area contributed by atoms with Crippen LogP contribution in [0.25, 0.3) is 0 Å². The number of nitrogens with zero attached hydrogens (tertiary/aromatic N) is 2. The minimum Gasteiger partial charge on any atom is -0.325 e. The molecule has 3 fully saturated rings. The Morgan fingerprint density at radius 2 is 1.58 bits per heavy atom. The molecule has 8 rings (SSSR count). The highest BCUT2D eigenvalue weighted by Gasteiger charge is 2.70. The van der Waals surface area contributed by atoms with Crippen molar-refractivity contribution in [3.8, 4) is 0 Å². The van der Waals surface area contributed by atoms with E-state index in [-0.39, 0.29) is 52.2 Å². The lowest BCUT2D eigenvalue weighted by Crippen LogP contribution is -2.43. The van der Waals surface area contributed by atoms with E-state index in [2.05, 4.69) is 11.4 Å². The number of fused-ring (bicyclic) bond motifs is 9. The first-order valence-electron chi connectivity index (χ1n) is 13.9. The number of imide groups is 1. The lowest BCUT2D eigenvalue weighted by Gasteiger charge is -2.42. The number of aromatic nitrogens is 1. The highest BCUT2D eigenvalue weighted by molar-refractivity contribution is 8.00. The maximum atomic E-state index is 13.8. The number of benzene rings is 2. The molecule has 218 valence electrons. The Labute approximate surface area is 256 Å². The number of hydrogen-bond donors (Lipinski definition) is 1. The average Bonchev–Trinajstić information content (AvgIpc) is 3.81. The minimum absolute atomic E-state index is 0.0174. The maximum Gasteiger partial charge on any atom is 0.308 e. The van der Waals surface area contributed by atoms with E-state index in [9.17, 15) is 28.0 Å². The number of carbonyl (C=O) groups is 3. The molecule has 0 spiro atoms. The van der Waals surface area contributed by atoms with Crippen molar-refractivity contribution in [2.45, 2.75) is 29.2 Å². The maximum absolute atomic E-state index is 13.8. The third-order valence-electron chi connectivity index (χ3n) is 9.31. The molecule has 4 aromatic rings. The van der Waals surface area contributed by atoms with E-state index in [0.29, 0.717) is 11.4 Å². The van der Waals surface area contributed by atoms with Gasteiger partial charge in [0, 0.05) is 26.6 Å². The van der Waals surface area contributed by atoms with Crippen molar-refractivity contribution in [3.05, 3.63) is 97.1 Å². The van der Waals surface area contributed by atoms with Crippen molar-refractivity contribution in [1.29, 1.82) is 0 Å². The van der Waals surface area contributed by atoms with Crippen LogP contribution in [0, 0.1) is 41.2 Å². The van der Waals surface area contributed by atoms with Crippen molar-refractivity contribution in [2.24, 2.45) is 29.6 Å². The normalized spacial score (nSPS) is 28.6. The van der Waals surface area contributed by atoms with Crippen LogP contribution in [0.2, 0.25) is 0 Å². The SMILES string of the molecule is O=C(Cn1c2c(sc1=O)C(c1cccs1)C1C3CC(C1S2)C1C(=O)N(c2ccc(F)cc2)C(=O)C31)Nc1ccc(F)cc1. The average molecular weight is 636 g/mol. The van der Waals surface area contributed by atoms with Crippen molar-refractivity contribution < 1.29 is 23.2 Å². The third-order valence-corrected chi connectivity index (χ3v) is 13.1. The van der Waals surface area contributed by atoms with Crippen LogP contribution in [0.5, 0.6) is 0 Å². The lowest BCUT2D eigenvalue weighted by molar-refractivity contribution is -0.123. The van der Waals surface area contributed by atoms with Crippen LogP contribution < -0.4 is 15.1 Å². The first-order valence-corrected chi connectivity index (χ1v) is 16.5. The molecule has 7 unspecified atom stereocenters. The van der Waals surface area contributed by atoms with Gasteiger partial charge in [-0.1, -0.05) is 17.4 Å². The van der Waals surface area contributed by atoms with Gasteiger partial charge in [-0.3, -0.25) is 28.6 Å². The second-order valence-corrected chi connectivity index (χ2v) is 14.6. The van der Waals surface area contributed by atoms with Crippen molar-refractivity contribution in [2.75, 3.05) is 10.2 Å². The number of carbonyl (C=O) groups excluding carboxylic acids is 3. The summed E-state index contributed by atoms with van der Waals surface area (Å²) in [6.45, 7) is -0.195. The number of hydrogen-bond acceptors (Lipinski definition) is 7. The van der Waals surface area contributed by atoms with Gasteiger partial charge in [-0.05, 0) is 84.2 Å². The van der Waals surface area contributed by atoms with Gasteiger partial charge in [0.25, 0.3) is 0 Å². The monoisotopic (exact) mass is 635 g/mol. The van der Waals surface area contributed by atoms with E-state index in [1.54, 1.807) is 23.1 Å². The topological polar surface area (TPSA) is 88.5 Å². The molecule has 2 saturated carbocycles. The molecule has 2 aromatic heterocycles. The fourth-order valence-electron chi connectivity index (χ4n) is 7.76. The summed E-state index contributed by atoms with van der Waals surface area (Å²) in [5.41, 5.74) is 0.817. The second kappa shape index (κ2) is 9.96. The molecular weight excluding hydrogens is 613 g/mol. The molecule has 1 N–H and O–H groups in total. The molecule has 12 heteroatoms. The standard InChI is InChI=1S/C31H23F2N3O4S3/c32-14-3-7-16(8-4-14)34-21(37)13-35-30-27(43-31(35)40)25(20-2-1-11-41-20)22-18-12-19(26(22)42-30)24-23(18)28(38)36(29(24)39)17-9-5-15(33)6-10-17/h1-11,18-19,22-26H,12-13H2,(H,34,37). The number of anilines is 2. The Morgan fingerprint density at radius 3 is 2.26 bits per heavy atom. The van der Waals surface area contributed by atoms with Gasteiger partial charge in [-0.25, -0.2) is 8.78 Å². The summed E-state index contributed by atoms with van der Waals surface area (Å²) in [6.07, 6.45) is 0.749. The van der Waals surface area contributed by atoms with E-state index >= 15 is 0 Å². The Hall–Kier alpha value is -3.61. The fourth-order valence-corrected chi connectivity index (χ4v) is 11.9. The summed E-state index contributed by atoms with van der Waals surface area (Å²) < 4.78 is 28.5. The number of amides is 3. The van der Waals surface area contributed by atoms with Crippen molar-refractivity contribution in [1.82, 2.24) is 4.57 Å². The van der Waals surface area contributed by atoms with E-state index in [1.807, 2.05) is 11.4 Å². The third kappa shape index (κ3) is 4.10. The molecule has 2 bridgehead atoms. The number of rotatable bonds is 5. The van der Waals surface area contributed by atoms with Gasteiger partial charge in [-0.15, -0.1) is 23.1 Å². The summed E-state index contributed by atoms with van der Waals surface area (Å²) in [4.78, 5) is 57.0. The van der Waals surface area contributed by atoms with Gasteiger partial charge in [0.2, 0.25) is 17.7 Å². The first-order chi connectivity index (χ1) is 20.8. The second-order valence-electron chi connectivity index (χ2n) is 11.4. The summed E-state index contributed by atoms with van der Waals surface area (Å²) in [6, 6.07) is 14.9. The van der Waals surface area contributed by atoms with Gasteiger partial charge in [-0.2, -0.15) is 0 Å². The zero-order valence-electron chi connectivity index (χ0n) is 22.3. The number of thiophene rings is 1. The number of nitrogens with one attached hydrogen (secondary N) is 1. The van der Waals surface area contributed by atoms with Crippen LogP contribution >= 0.6 is 34.4 Å². The summed E-state index contributed by atoms with van der Waals surface area (Å²) in [5, 5.41) is 5.46. The molecule has 2 aromatic carbocycles. The molecule has 43 heavy (non-hydrogen) atoms. The Morgan fingerprint density at radius 1 is 0.907 bits per heavy atom. The molecule has 1 saturated heterocycles. The number of thiazole rings is 1. The van der Waals surface area contributed by atoms with Gasteiger partial charge in [0.15, 0.2) is 0 Å². The van der Waals surface area contributed by atoms with Crippen molar-refractivity contribution in [3.63, 3.8) is 0 Å². The predicted octanol–water partition coefficient (Wildman–Crippen LogP) is 5.57. The van der Waals surface area contributed by atoms with Crippen LogP contribution in [0.15, 0.2) is 75.9 Å². The van der Waals surface area contributed by atoms with Gasteiger partial charge in [0.05, 0.1) is 22.5 Å². The molecule has 0 radical (unpaired) electrons. The molecule has 3 amide bonds. The molecule has 7 atom stereocenters. The van der Waals surface area contributed by atoms with Crippen LogP contribution in [0.1, 0.15) is 22.1 Å². The molecule has 2 aliphatic heterocycles. The molecule has 4 aliphatic rings. The van der Waals surface area contributed by atoms with Crippen LogP contribution in [-0.4, -0.2) is 27.5 Å². The fraction of sp³-hybridized carbons (Fsp3) is 0.290. The molecule has 4 heterocycles. The molecule has 7 nitrogen and oxygen atoms in total. The molecular formula is C31H23F2N3O4S3. The van der Waals surface area contributed by atoms with Gasteiger partial charge in [0.1, 0.15) is 18.2 Å². The van der Waals surface area contributed by atoms with Gasteiger partial charge < -0.3 is 5.32 Å². The van der Waals surface area contributed by atoms with E-state index < -0.39 is 29.4 Å². The summed E-state index contributed by atoms with van der Waals surface area (Å²) in [5.74, 6) is -2.83. The molecule has 2 aliphatic carbocycles. The summed E-state index contributed by atoms with van der Waals surface area (Å²) >= 11 is 4.30. The zero-order chi connectivity index (χ0) is 29.6. The van der Waals surface area contributed by atoms with Crippen LogP contribution in [0.3, 0.4) is 0 Å². The van der Waals surface area contributed by atoms with Gasteiger partial charge >= 0.3 is 4.87 Å². The quantitative estimate of drug-likeness (QED) is 0.290. The Bertz CT molecular complexity index is 1840. The van der Waals surface area contributed by atoms with E-state index in [1.165, 1.54) is 58.0 Å². The highest BCUT2D eigenvalue weighted by Crippen LogP contribution is 2.69. The predicted molar refractivity (Wildman–Crippen MR) is 160 cm³/mol. The highest BCUT2D eigenvalue weighted by atomic mass is 32.2. The minimum atomic E-state index is -0.470.